The fourth-order valence-corrected chi connectivity index (χ4v) is 4.72. The van der Waals surface area contributed by atoms with Crippen LogP contribution in [0.25, 0.3) is 0 Å². The van der Waals surface area contributed by atoms with Gasteiger partial charge in [-0.3, -0.25) is 0 Å². The molecule has 0 radical (unpaired) electrons. The van der Waals surface area contributed by atoms with E-state index >= 15 is 0 Å². The predicted molar refractivity (Wildman–Crippen MR) is 131 cm³/mol. The molecule has 160 valence electrons. The molecule has 0 aromatic carbocycles. The molecule has 2 unspecified atom stereocenters. The Morgan fingerprint density at radius 1 is 0.593 bits per heavy atom. The van der Waals surface area contributed by atoms with Crippen LogP contribution in [0.2, 0.25) is 0 Å². The van der Waals surface area contributed by atoms with Gasteiger partial charge in [0.05, 0.1) is 0 Å². The topological polar surface area (TPSA) is 0 Å². The van der Waals surface area contributed by atoms with E-state index in [1.165, 1.54) is 117 Å². The second-order valence-electron chi connectivity index (χ2n) is 8.48. The average molecular weight is 395 g/mol. The number of rotatable bonds is 20. The maximum Gasteiger partial charge on any atom is -0.0190 e. The highest BCUT2D eigenvalue weighted by Gasteiger charge is 2.04. The minimum Gasteiger partial charge on any atom is -0.112 e. The fraction of sp³-hybridized carbons (Fsp3) is 0.885. The van der Waals surface area contributed by atoms with Crippen LogP contribution in [0.1, 0.15) is 130 Å². The first kappa shape index (κ1) is 26.9. The summed E-state index contributed by atoms with van der Waals surface area (Å²) >= 11 is 0. The van der Waals surface area contributed by atoms with Crippen LogP contribution in [0.5, 0.6) is 0 Å². The molecule has 0 rings (SSSR count). The number of unbranched alkanes of at least 4 members (excludes halogenated alkanes) is 9. The number of allylic oxidation sites excluding steroid dienone is 2. The average Bonchev–Trinajstić information content (AvgIpc) is 2.67. The van der Waals surface area contributed by atoms with Gasteiger partial charge >= 0.3 is 0 Å². The fourth-order valence-electron chi connectivity index (χ4n) is 4.00. The summed E-state index contributed by atoms with van der Waals surface area (Å²) in [7, 11) is 1.48. The third kappa shape index (κ3) is 19.0. The highest BCUT2D eigenvalue weighted by atomic mass is 31.1. The first-order valence-electron chi connectivity index (χ1n) is 12.4. The Balaban J connectivity index is 3.62. The van der Waals surface area contributed by atoms with Crippen LogP contribution in [0.15, 0.2) is 12.2 Å². The summed E-state index contributed by atoms with van der Waals surface area (Å²) < 4.78 is 0. The van der Waals surface area contributed by atoms with Gasteiger partial charge in [-0.25, -0.2) is 0 Å². The minimum absolute atomic E-state index is 0.847. The molecule has 0 saturated heterocycles. The lowest BCUT2D eigenvalue weighted by Crippen LogP contribution is -2.01. The van der Waals surface area contributed by atoms with Crippen molar-refractivity contribution in [2.24, 2.45) is 11.8 Å². The summed E-state index contributed by atoms with van der Waals surface area (Å²) in [6, 6.07) is 0. The summed E-state index contributed by atoms with van der Waals surface area (Å²) in [6.07, 6.45) is 28.8. The Hall–Kier alpha value is -0.0900. The van der Waals surface area contributed by atoms with Crippen molar-refractivity contribution in [1.82, 2.24) is 0 Å². The van der Waals surface area contributed by atoms with Crippen LogP contribution in [0.3, 0.4) is 0 Å². The normalized spacial score (nSPS) is 14.4. The molecule has 27 heavy (non-hydrogen) atoms. The molecule has 0 aliphatic rings. The van der Waals surface area contributed by atoms with Gasteiger partial charge in [-0.15, -0.1) is 8.20 Å². The van der Waals surface area contributed by atoms with Crippen molar-refractivity contribution in [3.8, 4) is 0 Å². The SMILES string of the molecule is CCCCCC(/C=P/C)CCCCCCCC/C=C/C(CCC)CCCC. The van der Waals surface area contributed by atoms with E-state index in [0.29, 0.717) is 0 Å². The zero-order valence-electron chi connectivity index (χ0n) is 19.4. The first-order chi connectivity index (χ1) is 13.3. The van der Waals surface area contributed by atoms with E-state index < -0.39 is 0 Å². The highest BCUT2D eigenvalue weighted by Crippen LogP contribution is 2.19. The first-order valence-corrected chi connectivity index (χ1v) is 13.8. The maximum atomic E-state index is 2.55. The molecule has 1 heteroatoms. The largest absolute Gasteiger partial charge is 0.112 e. The molecule has 0 heterocycles. The van der Waals surface area contributed by atoms with Crippen LogP contribution in [-0.2, 0) is 0 Å². The maximum absolute atomic E-state index is 2.55. The molecular formula is C26H51P. The molecule has 0 saturated carbocycles. The summed E-state index contributed by atoms with van der Waals surface area (Å²) in [5.41, 5.74) is 0. The molecule has 0 fully saturated rings. The summed E-state index contributed by atoms with van der Waals surface area (Å²) in [5, 5.41) is 0. The monoisotopic (exact) mass is 394 g/mol. The van der Waals surface area contributed by atoms with E-state index in [1.807, 2.05) is 0 Å². The van der Waals surface area contributed by atoms with Crippen LogP contribution >= 0.6 is 8.20 Å². The van der Waals surface area contributed by atoms with E-state index in [2.05, 4.69) is 45.4 Å². The van der Waals surface area contributed by atoms with Crippen LogP contribution in [0.4, 0.5) is 0 Å². The third-order valence-corrected chi connectivity index (χ3v) is 6.45. The van der Waals surface area contributed by atoms with Crippen molar-refractivity contribution in [3.05, 3.63) is 12.2 Å². The lowest BCUT2D eigenvalue weighted by Gasteiger charge is -2.12. The molecule has 0 aromatic heterocycles. The molecule has 0 aromatic rings. The minimum atomic E-state index is 0.847. The van der Waals surface area contributed by atoms with Crippen molar-refractivity contribution in [3.63, 3.8) is 0 Å². The molecule has 0 spiro atoms. The molecule has 0 bridgehead atoms. The van der Waals surface area contributed by atoms with E-state index in [1.54, 1.807) is 0 Å². The van der Waals surface area contributed by atoms with Gasteiger partial charge in [0.25, 0.3) is 0 Å². The standard InChI is InChI=1S/C26H51P/c1-5-8-16-22-26(24-27-4)23-18-15-13-11-10-12-14-17-21-25(19-7-3)20-9-6-2/h17,21,24-26H,5-16,18-20,22-23H2,1-4H3/b21-17+. The lowest BCUT2D eigenvalue weighted by molar-refractivity contribution is 0.498. The van der Waals surface area contributed by atoms with Gasteiger partial charge in [0.2, 0.25) is 0 Å². The number of hydrogen-bond donors (Lipinski definition) is 0. The van der Waals surface area contributed by atoms with Gasteiger partial charge < -0.3 is 0 Å². The lowest BCUT2D eigenvalue weighted by atomic mass is 9.95. The molecule has 0 aliphatic carbocycles. The van der Waals surface area contributed by atoms with Crippen molar-refractivity contribution < 1.29 is 0 Å². The Morgan fingerprint density at radius 3 is 1.81 bits per heavy atom. The smallest absolute Gasteiger partial charge is 0.0190 e. The Labute approximate surface area is 174 Å². The van der Waals surface area contributed by atoms with E-state index in [0.717, 1.165) is 11.8 Å². The molecule has 0 amide bonds. The van der Waals surface area contributed by atoms with Gasteiger partial charge in [-0.1, -0.05) is 109 Å². The molecule has 2 atom stereocenters. The highest BCUT2D eigenvalue weighted by molar-refractivity contribution is 7.37. The van der Waals surface area contributed by atoms with Crippen LogP contribution < -0.4 is 0 Å². The molecule has 0 nitrogen and oxygen atoms in total. The van der Waals surface area contributed by atoms with E-state index in [4.69, 9.17) is 0 Å². The van der Waals surface area contributed by atoms with Crippen LogP contribution in [-0.4, -0.2) is 12.5 Å². The third-order valence-electron chi connectivity index (χ3n) is 5.73. The van der Waals surface area contributed by atoms with Crippen molar-refractivity contribution in [1.29, 1.82) is 0 Å². The zero-order chi connectivity index (χ0) is 20.0. The quantitative estimate of drug-likeness (QED) is 0.109. The van der Waals surface area contributed by atoms with Crippen molar-refractivity contribution in [2.45, 2.75) is 130 Å². The Morgan fingerprint density at radius 2 is 1.19 bits per heavy atom. The van der Waals surface area contributed by atoms with Crippen LogP contribution in [0, 0.1) is 11.8 Å². The van der Waals surface area contributed by atoms with Gasteiger partial charge in [0, 0.05) is 0 Å². The van der Waals surface area contributed by atoms with Gasteiger partial charge in [0.1, 0.15) is 0 Å². The van der Waals surface area contributed by atoms with E-state index in [-0.39, 0.29) is 0 Å². The van der Waals surface area contributed by atoms with Gasteiger partial charge in [-0.2, -0.15) is 0 Å². The van der Waals surface area contributed by atoms with Crippen molar-refractivity contribution in [2.75, 3.05) is 6.66 Å². The van der Waals surface area contributed by atoms with E-state index in [9.17, 15) is 0 Å². The number of hydrogen-bond acceptors (Lipinski definition) is 0. The molecular weight excluding hydrogens is 343 g/mol. The predicted octanol–water partition coefficient (Wildman–Crippen LogP) is 9.84. The summed E-state index contributed by atoms with van der Waals surface area (Å²) in [4.78, 5) is 0. The van der Waals surface area contributed by atoms with Gasteiger partial charge in [0.15, 0.2) is 0 Å². The van der Waals surface area contributed by atoms with Crippen molar-refractivity contribution >= 4 is 14.0 Å². The molecule has 0 N–H and O–H groups in total. The Bertz CT molecular complexity index is 331. The summed E-state index contributed by atoms with van der Waals surface area (Å²) in [6.45, 7) is 9.21. The summed E-state index contributed by atoms with van der Waals surface area (Å²) in [5.74, 6) is 4.28. The second kappa shape index (κ2) is 22.2. The Kier molecular flexibility index (Phi) is 22.1. The molecule has 0 aliphatic heterocycles. The van der Waals surface area contributed by atoms with Gasteiger partial charge in [-0.05, 0) is 57.0 Å². The zero-order valence-corrected chi connectivity index (χ0v) is 20.2. The second-order valence-corrected chi connectivity index (χ2v) is 9.30.